The fraction of sp³-hybridized carbons (Fsp3) is 0. The van der Waals surface area contributed by atoms with Crippen molar-refractivity contribution >= 4 is 70.5 Å². The lowest BCUT2D eigenvalue weighted by Gasteiger charge is -2.26. The van der Waals surface area contributed by atoms with Gasteiger partial charge in [0.15, 0.2) is 5.58 Å². The van der Waals surface area contributed by atoms with Gasteiger partial charge < -0.3 is 14.1 Å². The van der Waals surface area contributed by atoms with Gasteiger partial charge in [-0.05, 0) is 90.0 Å². The van der Waals surface area contributed by atoms with Gasteiger partial charge in [0.25, 0.3) is 0 Å². The van der Waals surface area contributed by atoms with Crippen LogP contribution in [-0.4, -0.2) is 4.98 Å². The molecule has 6 aromatic carbocycles. The Balaban J connectivity index is 1.28. The summed E-state index contributed by atoms with van der Waals surface area (Å²) in [6.45, 7) is 0. The van der Waals surface area contributed by atoms with E-state index in [2.05, 4.69) is 94.8 Å². The Hall–Kier alpha value is -5.91. The van der Waals surface area contributed by atoms with E-state index in [-0.39, 0.29) is 0 Å². The number of aromatic nitrogens is 1. The fourth-order valence-corrected chi connectivity index (χ4v) is 7.51. The van der Waals surface area contributed by atoms with Gasteiger partial charge in [0, 0.05) is 54.7 Å². The number of anilines is 3. The van der Waals surface area contributed by atoms with Crippen LogP contribution in [0.5, 0.6) is 11.5 Å². The SMILES string of the molecule is c1ccc(Oc2ccc(N(c3ccc(-c4ccncc4)cc3)c3cc4c5ccccc5sc4c4c3oc3ccccc34)cc2)cc1. The second-order valence-corrected chi connectivity index (χ2v) is 12.3. The van der Waals surface area contributed by atoms with Crippen LogP contribution in [0.1, 0.15) is 0 Å². The highest BCUT2D eigenvalue weighted by atomic mass is 32.1. The van der Waals surface area contributed by atoms with Gasteiger partial charge in [-0.3, -0.25) is 4.98 Å². The Bertz CT molecular complexity index is 2480. The van der Waals surface area contributed by atoms with Crippen LogP contribution in [-0.2, 0) is 0 Å². The molecule has 3 aromatic heterocycles. The predicted octanol–water partition coefficient (Wildman–Crippen LogP) is 12.3. The number of thiophene rings is 1. The van der Waals surface area contributed by atoms with E-state index in [9.17, 15) is 0 Å². The van der Waals surface area contributed by atoms with Crippen LogP contribution >= 0.6 is 11.3 Å². The van der Waals surface area contributed by atoms with Crippen molar-refractivity contribution in [1.82, 2.24) is 4.98 Å². The quantitative estimate of drug-likeness (QED) is 0.188. The zero-order valence-electron chi connectivity index (χ0n) is 24.6. The van der Waals surface area contributed by atoms with Gasteiger partial charge in [-0.2, -0.15) is 0 Å². The van der Waals surface area contributed by atoms with Crippen molar-refractivity contribution in [2.75, 3.05) is 4.90 Å². The molecule has 0 saturated carbocycles. The van der Waals surface area contributed by atoms with Gasteiger partial charge >= 0.3 is 0 Å². The summed E-state index contributed by atoms with van der Waals surface area (Å²) in [6, 6.07) is 50.2. The highest BCUT2D eigenvalue weighted by Crippen LogP contribution is 2.49. The normalized spacial score (nSPS) is 11.5. The third kappa shape index (κ3) is 4.48. The zero-order chi connectivity index (χ0) is 30.5. The van der Waals surface area contributed by atoms with Gasteiger partial charge in [-0.25, -0.2) is 0 Å². The first-order chi connectivity index (χ1) is 22.8. The number of benzene rings is 6. The Morgan fingerprint density at radius 1 is 0.565 bits per heavy atom. The summed E-state index contributed by atoms with van der Waals surface area (Å²) in [6.07, 6.45) is 3.65. The van der Waals surface area contributed by atoms with E-state index in [0.717, 1.165) is 61.6 Å². The topological polar surface area (TPSA) is 38.5 Å². The molecular formula is C41H26N2O2S. The molecule has 9 aromatic rings. The van der Waals surface area contributed by atoms with E-state index in [1.807, 2.05) is 84.4 Å². The number of hydrogen-bond donors (Lipinski definition) is 0. The average Bonchev–Trinajstić information content (AvgIpc) is 3.69. The third-order valence-electron chi connectivity index (χ3n) is 8.42. The second kappa shape index (κ2) is 10.9. The molecule has 0 spiro atoms. The minimum Gasteiger partial charge on any atom is -0.457 e. The molecule has 0 aliphatic rings. The molecule has 0 bridgehead atoms. The smallest absolute Gasteiger partial charge is 0.160 e. The van der Waals surface area contributed by atoms with E-state index in [1.165, 1.54) is 20.2 Å². The average molecular weight is 611 g/mol. The van der Waals surface area contributed by atoms with Crippen LogP contribution in [0, 0.1) is 0 Å². The van der Waals surface area contributed by atoms with Crippen LogP contribution in [0.3, 0.4) is 0 Å². The fourth-order valence-electron chi connectivity index (χ4n) is 6.28. The van der Waals surface area contributed by atoms with Crippen molar-refractivity contribution in [2.24, 2.45) is 0 Å². The first-order valence-electron chi connectivity index (χ1n) is 15.2. The molecule has 9 rings (SSSR count). The third-order valence-corrected chi connectivity index (χ3v) is 9.63. The molecule has 0 radical (unpaired) electrons. The maximum atomic E-state index is 6.74. The van der Waals surface area contributed by atoms with E-state index < -0.39 is 0 Å². The van der Waals surface area contributed by atoms with Crippen LogP contribution in [0.4, 0.5) is 17.1 Å². The van der Waals surface area contributed by atoms with E-state index in [4.69, 9.17) is 9.15 Å². The molecule has 0 atom stereocenters. The first kappa shape index (κ1) is 26.5. The molecule has 0 N–H and O–H groups in total. The number of hydrogen-bond acceptors (Lipinski definition) is 5. The maximum absolute atomic E-state index is 6.74. The van der Waals surface area contributed by atoms with Crippen LogP contribution in [0.15, 0.2) is 162 Å². The molecule has 218 valence electrons. The molecule has 0 saturated heterocycles. The number of ether oxygens (including phenoxy) is 1. The van der Waals surface area contributed by atoms with Crippen molar-refractivity contribution in [2.45, 2.75) is 0 Å². The summed E-state index contributed by atoms with van der Waals surface area (Å²) >= 11 is 1.82. The van der Waals surface area contributed by atoms with E-state index >= 15 is 0 Å². The molecule has 46 heavy (non-hydrogen) atoms. The zero-order valence-corrected chi connectivity index (χ0v) is 25.4. The lowest BCUT2D eigenvalue weighted by atomic mass is 10.0. The largest absolute Gasteiger partial charge is 0.457 e. The van der Waals surface area contributed by atoms with Crippen molar-refractivity contribution in [3.8, 4) is 22.6 Å². The van der Waals surface area contributed by atoms with Gasteiger partial charge in [0.2, 0.25) is 0 Å². The molecule has 0 fully saturated rings. The summed E-state index contributed by atoms with van der Waals surface area (Å²) in [7, 11) is 0. The molecule has 0 amide bonds. The highest BCUT2D eigenvalue weighted by molar-refractivity contribution is 7.26. The minimum absolute atomic E-state index is 0.774. The predicted molar refractivity (Wildman–Crippen MR) is 191 cm³/mol. The molecular weight excluding hydrogens is 585 g/mol. The number of furan rings is 1. The Kier molecular flexibility index (Phi) is 6.28. The van der Waals surface area contributed by atoms with Crippen LogP contribution in [0.2, 0.25) is 0 Å². The Labute approximate surface area is 269 Å². The van der Waals surface area contributed by atoms with Crippen LogP contribution in [0.25, 0.3) is 53.2 Å². The molecule has 5 heteroatoms. The maximum Gasteiger partial charge on any atom is 0.160 e. The Morgan fingerprint density at radius 2 is 1.20 bits per heavy atom. The minimum atomic E-state index is 0.774. The first-order valence-corrected chi connectivity index (χ1v) is 16.0. The number of pyridine rings is 1. The number of fused-ring (bicyclic) bond motifs is 7. The van der Waals surface area contributed by atoms with E-state index in [0.29, 0.717) is 0 Å². The lowest BCUT2D eigenvalue weighted by molar-refractivity contribution is 0.483. The second-order valence-electron chi connectivity index (χ2n) is 11.2. The summed E-state index contributed by atoms with van der Waals surface area (Å²) < 4.78 is 15.4. The monoisotopic (exact) mass is 610 g/mol. The molecule has 0 unspecified atom stereocenters. The van der Waals surface area contributed by atoms with Crippen molar-refractivity contribution in [3.05, 3.63) is 158 Å². The molecule has 0 aliphatic heterocycles. The van der Waals surface area contributed by atoms with Gasteiger partial charge in [-0.15, -0.1) is 11.3 Å². The van der Waals surface area contributed by atoms with Gasteiger partial charge in [0.05, 0.1) is 5.69 Å². The van der Waals surface area contributed by atoms with Gasteiger partial charge in [-0.1, -0.05) is 66.7 Å². The lowest BCUT2D eigenvalue weighted by Crippen LogP contribution is -2.10. The number of nitrogens with zero attached hydrogens (tertiary/aromatic N) is 2. The summed E-state index contributed by atoms with van der Waals surface area (Å²) in [4.78, 5) is 6.48. The number of rotatable bonds is 6. The Morgan fingerprint density at radius 3 is 1.98 bits per heavy atom. The molecule has 3 heterocycles. The highest BCUT2D eigenvalue weighted by Gasteiger charge is 2.23. The number of para-hydroxylation sites is 2. The molecule has 4 nitrogen and oxygen atoms in total. The van der Waals surface area contributed by atoms with Crippen molar-refractivity contribution in [3.63, 3.8) is 0 Å². The van der Waals surface area contributed by atoms with Crippen LogP contribution < -0.4 is 9.64 Å². The summed E-state index contributed by atoms with van der Waals surface area (Å²) in [5.41, 5.74) is 7.00. The summed E-state index contributed by atoms with van der Waals surface area (Å²) in [5.74, 6) is 1.58. The standard InChI is InChI=1S/C41H26N2O2S/c1-2-8-31(9-3-1)44-32-20-18-30(19-21-32)43(29-16-14-27(15-17-29)28-22-24-42-25-23-28)36-26-35-33-10-5-7-13-38(33)46-41(35)39-34-11-4-6-12-37(34)45-40(36)39/h1-26H. The molecule has 0 aliphatic carbocycles. The van der Waals surface area contributed by atoms with Crippen molar-refractivity contribution in [1.29, 1.82) is 0 Å². The van der Waals surface area contributed by atoms with Crippen molar-refractivity contribution < 1.29 is 9.15 Å². The van der Waals surface area contributed by atoms with Gasteiger partial charge in [0.1, 0.15) is 17.1 Å². The summed E-state index contributed by atoms with van der Waals surface area (Å²) in [5, 5.41) is 4.73. The van der Waals surface area contributed by atoms with E-state index in [1.54, 1.807) is 0 Å².